The maximum atomic E-state index is 13.0. The van der Waals surface area contributed by atoms with E-state index in [-0.39, 0.29) is 18.2 Å². The zero-order valence-corrected chi connectivity index (χ0v) is 16.7. The van der Waals surface area contributed by atoms with Crippen molar-refractivity contribution in [2.24, 2.45) is 0 Å². The Morgan fingerprint density at radius 3 is 2.33 bits per heavy atom. The Bertz CT molecular complexity index is 732. The summed E-state index contributed by atoms with van der Waals surface area (Å²) in [7, 11) is 0. The molecule has 2 aromatic rings. The smallest absolute Gasteiger partial charge is 0.242 e. The molecule has 2 rings (SSSR count). The zero-order chi connectivity index (χ0) is 19.6. The van der Waals surface area contributed by atoms with E-state index >= 15 is 0 Å². The number of hydrogen-bond acceptors (Lipinski definition) is 2. The molecule has 144 valence electrons. The summed E-state index contributed by atoms with van der Waals surface area (Å²) in [6, 6.07) is 16.4. The van der Waals surface area contributed by atoms with Crippen LogP contribution in [0.2, 0.25) is 5.02 Å². The van der Waals surface area contributed by atoms with Gasteiger partial charge in [0.1, 0.15) is 6.04 Å². The van der Waals surface area contributed by atoms with Gasteiger partial charge in [0.15, 0.2) is 0 Å². The molecule has 0 bridgehead atoms. The van der Waals surface area contributed by atoms with Crippen LogP contribution in [0.25, 0.3) is 0 Å². The van der Waals surface area contributed by atoms with E-state index in [0.29, 0.717) is 18.1 Å². The molecule has 5 heteroatoms. The van der Waals surface area contributed by atoms with Gasteiger partial charge in [-0.3, -0.25) is 9.59 Å². The molecule has 2 amide bonds. The van der Waals surface area contributed by atoms with Crippen molar-refractivity contribution in [3.8, 4) is 0 Å². The Labute approximate surface area is 166 Å². The maximum absolute atomic E-state index is 13.0. The van der Waals surface area contributed by atoms with Crippen LogP contribution < -0.4 is 5.32 Å². The minimum atomic E-state index is -0.540. The lowest BCUT2D eigenvalue weighted by atomic mass is 10.1. The summed E-state index contributed by atoms with van der Waals surface area (Å²) >= 11 is 5.92. The molecule has 0 saturated heterocycles. The number of rotatable bonds is 9. The number of unbranched alkanes of at least 4 members (excludes halogenated alkanes) is 1. The highest BCUT2D eigenvalue weighted by molar-refractivity contribution is 6.30. The van der Waals surface area contributed by atoms with E-state index in [1.807, 2.05) is 42.5 Å². The topological polar surface area (TPSA) is 49.4 Å². The number of carbonyl (C=O) groups excluding carboxylic acids is 2. The molecule has 0 aliphatic rings. The summed E-state index contributed by atoms with van der Waals surface area (Å²) in [4.78, 5) is 27.2. The predicted molar refractivity (Wildman–Crippen MR) is 110 cm³/mol. The highest BCUT2D eigenvalue weighted by atomic mass is 35.5. The van der Waals surface area contributed by atoms with Crippen molar-refractivity contribution in [2.45, 2.75) is 45.7 Å². The maximum Gasteiger partial charge on any atom is 0.242 e. The molecule has 4 nitrogen and oxygen atoms in total. The van der Waals surface area contributed by atoms with Crippen LogP contribution in [-0.2, 0) is 22.6 Å². The molecule has 0 saturated carbocycles. The van der Waals surface area contributed by atoms with Crippen LogP contribution in [0.15, 0.2) is 54.6 Å². The van der Waals surface area contributed by atoms with Crippen molar-refractivity contribution < 1.29 is 9.59 Å². The summed E-state index contributed by atoms with van der Waals surface area (Å²) in [6.07, 6.45) is 2.17. The largest absolute Gasteiger partial charge is 0.354 e. The van der Waals surface area contributed by atoms with Crippen LogP contribution in [0, 0.1) is 0 Å². The minimum Gasteiger partial charge on any atom is -0.354 e. The number of carbonyl (C=O) groups is 2. The van der Waals surface area contributed by atoms with Gasteiger partial charge in [0.25, 0.3) is 0 Å². The minimum absolute atomic E-state index is 0.0840. The van der Waals surface area contributed by atoms with Gasteiger partial charge in [-0.25, -0.2) is 0 Å². The summed E-state index contributed by atoms with van der Waals surface area (Å²) in [5, 5.41) is 3.56. The van der Waals surface area contributed by atoms with E-state index in [4.69, 9.17) is 11.6 Å². The molecule has 0 unspecified atom stereocenters. The van der Waals surface area contributed by atoms with Crippen LogP contribution in [0.3, 0.4) is 0 Å². The summed E-state index contributed by atoms with van der Waals surface area (Å²) < 4.78 is 0. The number of hydrogen-bond donors (Lipinski definition) is 1. The van der Waals surface area contributed by atoms with Crippen molar-refractivity contribution in [3.63, 3.8) is 0 Å². The lowest BCUT2D eigenvalue weighted by Gasteiger charge is -2.29. The van der Waals surface area contributed by atoms with Crippen molar-refractivity contribution >= 4 is 23.4 Å². The third kappa shape index (κ3) is 6.72. The van der Waals surface area contributed by atoms with Gasteiger partial charge >= 0.3 is 0 Å². The molecular formula is C22H27ClN2O2. The Hall–Kier alpha value is -2.33. The monoisotopic (exact) mass is 386 g/mol. The molecule has 2 aromatic carbocycles. The molecule has 0 spiro atoms. The second kappa shape index (κ2) is 10.7. The van der Waals surface area contributed by atoms with E-state index in [0.717, 1.165) is 24.0 Å². The van der Waals surface area contributed by atoms with Gasteiger partial charge in [0.05, 0.1) is 6.42 Å². The molecule has 0 radical (unpaired) electrons. The highest BCUT2D eigenvalue weighted by Crippen LogP contribution is 2.14. The molecule has 0 aliphatic heterocycles. The Balaban J connectivity index is 2.13. The van der Waals surface area contributed by atoms with E-state index in [1.54, 1.807) is 24.0 Å². The van der Waals surface area contributed by atoms with Crippen LogP contribution in [0.5, 0.6) is 0 Å². The zero-order valence-electron chi connectivity index (χ0n) is 16.0. The average Bonchev–Trinajstić information content (AvgIpc) is 2.68. The van der Waals surface area contributed by atoms with Crippen molar-refractivity contribution in [3.05, 3.63) is 70.7 Å². The summed E-state index contributed by atoms with van der Waals surface area (Å²) in [6.45, 7) is 4.89. The van der Waals surface area contributed by atoms with Gasteiger partial charge < -0.3 is 10.2 Å². The predicted octanol–water partition coefficient (Wildman–Crippen LogP) is 4.22. The first-order valence-electron chi connectivity index (χ1n) is 9.36. The molecule has 1 N–H and O–H groups in total. The normalized spacial score (nSPS) is 11.7. The van der Waals surface area contributed by atoms with E-state index in [2.05, 4.69) is 12.2 Å². The molecule has 0 aliphatic carbocycles. The third-order valence-electron chi connectivity index (χ3n) is 4.46. The van der Waals surface area contributed by atoms with Crippen LogP contribution in [0.4, 0.5) is 0 Å². The average molecular weight is 387 g/mol. The fourth-order valence-electron chi connectivity index (χ4n) is 2.78. The van der Waals surface area contributed by atoms with Gasteiger partial charge in [0.2, 0.25) is 11.8 Å². The number of halogens is 1. The van der Waals surface area contributed by atoms with E-state index in [9.17, 15) is 9.59 Å². The van der Waals surface area contributed by atoms with Gasteiger partial charge in [-0.1, -0.05) is 67.4 Å². The molecule has 1 atom stereocenters. The van der Waals surface area contributed by atoms with Crippen LogP contribution >= 0.6 is 11.6 Å². The van der Waals surface area contributed by atoms with Gasteiger partial charge in [-0.15, -0.1) is 0 Å². The molecule has 27 heavy (non-hydrogen) atoms. The Morgan fingerprint density at radius 2 is 1.70 bits per heavy atom. The van der Waals surface area contributed by atoms with E-state index in [1.165, 1.54) is 0 Å². The number of benzene rings is 2. The summed E-state index contributed by atoms with van der Waals surface area (Å²) in [5.41, 5.74) is 1.87. The van der Waals surface area contributed by atoms with Gasteiger partial charge in [0, 0.05) is 18.1 Å². The van der Waals surface area contributed by atoms with Crippen molar-refractivity contribution in [1.29, 1.82) is 0 Å². The van der Waals surface area contributed by atoms with Crippen LogP contribution in [0.1, 0.15) is 37.8 Å². The van der Waals surface area contributed by atoms with Crippen molar-refractivity contribution in [2.75, 3.05) is 6.54 Å². The number of nitrogens with zero attached hydrogens (tertiary/aromatic N) is 1. The van der Waals surface area contributed by atoms with Crippen molar-refractivity contribution in [1.82, 2.24) is 10.2 Å². The Kier molecular flexibility index (Phi) is 8.34. The Morgan fingerprint density at radius 1 is 1.04 bits per heavy atom. The first kappa shape index (κ1) is 21.0. The SMILES string of the molecule is CCCCNC(=O)[C@@H](C)N(Cc1ccccc1)C(=O)Cc1ccc(Cl)cc1. The lowest BCUT2D eigenvalue weighted by molar-refractivity contribution is -0.140. The highest BCUT2D eigenvalue weighted by Gasteiger charge is 2.25. The number of nitrogens with one attached hydrogen (secondary N) is 1. The fraction of sp³-hybridized carbons (Fsp3) is 0.364. The number of amides is 2. The fourth-order valence-corrected chi connectivity index (χ4v) is 2.90. The molecule has 0 aromatic heterocycles. The summed E-state index contributed by atoms with van der Waals surface area (Å²) in [5.74, 6) is -0.205. The molecule has 0 fully saturated rings. The molecule has 0 heterocycles. The van der Waals surface area contributed by atoms with Gasteiger partial charge in [-0.2, -0.15) is 0 Å². The van der Waals surface area contributed by atoms with Gasteiger partial charge in [-0.05, 0) is 36.6 Å². The third-order valence-corrected chi connectivity index (χ3v) is 4.71. The van der Waals surface area contributed by atoms with Crippen LogP contribution in [-0.4, -0.2) is 29.3 Å². The molecular weight excluding hydrogens is 360 g/mol. The quantitative estimate of drug-likeness (QED) is 0.656. The van der Waals surface area contributed by atoms with E-state index < -0.39 is 6.04 Å². The first-order chi connectivity index (χ1) is 13.0. The standard InChI is InChI=1S/C22H27ClN2O2/c1-3-4-14-24-22(27)17(2)25(16-19-8-6-5-7-9-19)21(26)15-18-10-12-20(23)13-11-18/h5-13,17H,3-4,14-16H2,1-2H3,(H,24,27)/t17-/m1/s1. The second-order valence-corrected chi connectivity index (χ2v) is 7.07. The lowest BCUT2D eigenvalue weighted by Crippen LogP contribution is -2.48. The first-order valence-corrected chi connectivity index (χ1v) is 9.74. The second-order valence-electron chi connectivity index (χ2n) is 6.63.